The van der Waals surface area contributed by atoms with Crippen molar-refractivity contribution in [3.05, 3.63) is 54.2 Å². The van der Waals surface area contributed by atoms with Crippen molar-refractivity contribution in [1.29, 1.82) is 0 Å². The van der Waals surface area contributed by atoms with Crippen molar-refractivity contribution >= 4 is 23.1 Å². The second-order valence-electron chi connectivity index (χ2n) is 5.46. The Bertz CT molecular complexity index is 843. The third kappa shape index (κ3) is 4.03. The molecular weight excluding hydrogens is 332 g/mol. The number of benzene rings is 1. The standard InChI is InChI=1S/C19H20N4OS/c1-3-23(4-2)19(24)21-16-7-5-6-15(12-16)17-13-25-18(22-17)14-8-10-20-11-9-14/h5-13H,3-4H2,1-2H3,(H,21,24). The maximum Gasteiger partial charge on any atom is 0.321 e. The molecule has 3 aromatic rings. The summed E-state index contributed by atoms with van der Waals surface area (Å²) in [6.07, 6.45) is 3.53. The van der Waals surface area contributed by atoms with Crippen LogP contribution in [0.4, 0.5) is 10.5 Å². The van der Waals surface area contributed by atoms with Gasteiger partial charge >= 0.3 is 6.03 Å². The van der Waals surface area contributed by atoms with Gasteiger partial charge in [0.05, 0.1) is 5.69 Å². The lowest BCUT2D eigenvalue weighted by molar-refractivity contribution is 0.217. The molecule has 0 spiro atoms. The first-order valence-corrected chi connectivity index (χ1v) is 9.11. The molecule has 0 radical (unpaired) electrons. The number of urea groups is 1. The van der Waals surface area contributed by atoms with Crippen molar-refractivity contribution in [2.24, 2.45) is 0 Å². The Morgan fingerprint density at radius 1 is 1.12 bits per heavy atom. The molecule has 0 bridgehead atoms. The summed E-state index contributed by atoms with van der Waals surface area (Å²) >= 11 is 1.59. The van der Waals surface area contributed by atoms with Gasteiger partial charge in [0, 0.05) is 47.7 Å². The maximum atomic E-state index is 12.2. The van der Waals surface area contributed by atoms with E-state index in [0.717, 1.165) is 27.5 Å². The van der Waals surface area contributed by atoms with Crippen LogP contribution in [0, 0.1) is 0 Å². The molecule has 0 atom stereocenters. The summed E-state index contributed by atoms with van der Waals surface area (Å²) < 4.78 is 0. The topological polar surface area (TPSA) is 58.1 Å². The van der Waals surface area contributed by atoms with Gasteiger partial charge in [0.1, 0.15) is 5.01 Å². The van der Waals surface area contributed by atoms with E-state index in [-0.39, 0.29) is 6.03 Å². The molecule has 0 fully saturated rings. The number of aromatic nitrogens is 2. The molecule has 128 valence electrons. The van der Waals surface area contributed by atoms with Crippen LogP contribution < -0.4 is 5.32 Å². The number of thiazole rings is 1. The van der Waals surface area contributed by atoms with Crippen LogP contribution in [0.15, 0.2) is 54.2 Å². The highest BCUT2D eigenvalue weighted by atomic mass is 32.1. The van der Waals surface area contributed by atoms with E-state index < -0.39 is 0 Å². The number of hydrogen-bond acceptors (Lipinski definition) is 4. The summed E-state index contributed by atoms with van der Waals surface area (Å²) in [5.74, 6) is 0. The minimum atomic E-state index is -0.0853. The van der Waals surface area contributed by atoms with Crippen molar-refractivity contribution in [1.82, 2.24) is 14.9 Å². The second kappa shape index (κ2) is 7.90. The molecule has 1 aromatic carbocycles. The van der Waals surface area contributed by atoms with Gasteiger partial charge in [0.15, 0.2) is 0 Å². The quantitative estimate of drug-likeness (QED) is 0.721. The zero-order valence-corrected chi connectivity index (χ0v) is 15.1. The zero-order chi connectivity index (χ0) is 17.6. The summed E-state index contributed by atoms with van der Waals surface area (Å²) in [5.41, 5.74) is 3.70. The predicted molar refractivity (Wildman–Crippen MR) is 103 cm³/mol. The van der Waals surface area contributed by atoms with Gasteiger partial charge in [0.2, 0.25) is 0 Å². The third-order valence-electron chi connectivity index (χ3n) is 3.89. The molecule has 6 heteroatoms. The predicted octanol–water partition coefficient (Wildman–Crippen LogP) is 4.75. The van der Waals surface area contributed by atoms with E-state index in [2.05, 4.69) is 10.3 Å². The Hall–Kier alpha value is -2.73. The normalized spacial score (nSPS) is 10.5. The molecule has 1 N–H and O–H groups in total. The molecular formula is C19H20N4OS. The molecule has 2 amide bonds. The molecule has 0 saturated heterocycles. The van der Waals surface area contributed by atoms with Crippen LogP contribution in [0.1, 0.15) is 13.8 Å². The summed E-state index contributed by atoms with van der Waals surface area (Å²) in [4.78, 5) is 22.7. The van der Waals surface area contributed by atoms with E-state index in [1.54, 1.807) is 28.6 Å². The van der Waals surface area contributed by atoms with Crippen molar-refractivity contribution in [3.8, 4) is 21.8 Å². The first-order valence-electron chi connectivity index (χ1n) is 8.23. The SMILES string of the molecule is CCN(CC)C(=O)Nc1cccc(-c2csc(-c3ccncc3)n2)c1. The molecule has 2 aromatic heterocycles. The third-order valence-corrected chi connectivity index (χ3v) is 4.78. The molecule has 0 unspecified atom stereocenters. The minimum absolute atomic E-state index is 0.0853. The van der Waals surface area contributed by atoms with E-state index in [9.17, 15) is 4.79 Å². The largest absolute Gasteiger partial charge is 0.325 e. The average Bonchev–Trinajstić information content (AvgIpc) is 3.14. The fraction of sp³-hybridized carbons (Fsp3) is 0.211. The molecule has 0 aliphatic heterocycles. The van der Waals surface area contributed by atoms with E-state index in [1.807, 2.05) is 55.6 Å². The Balaban J connectivity index is 1.80. The highest BCUT2D eigenvalue weighted by Gasteiger charge is 2.11. The molecule has 2 heterocycles. The maximum absolute atomic E-state index is 12.2. The van der Waals surface area contributed by atoms with Gasteiger partial charge < -0.3 is 10.2 Å². The monoisotopic (exact) mass is 352 g/mol. The lowest BCUT2D eigenvalue weighted by Gasteiger charge is -2.19. The van der Waals surface area contributed by atoms with Crippen LogP contribution in [0.2, 0.25) is 0 Å². The van der Waals surface area contributed by atoms with Crippen molar-refractivity contribution in [2.45, 2.75) is 13.8 Å². The van der Waals surface area contributed by atoms with Crippen molar-refractivity contribution in [3.63, 3.8) is 0 Å². The van der Waals surface area contributed by atoms with Crippen LogP contribution in [-0.4, -0.2) is 34.0 Å². The first-order chi connectivity index (χ1) is 12.2. The van der Waals surface area contributed by atoms with Gasteiger partial charge in [-0.2, -0.15) is 0 Å². The number of nitrogens with zero attached hydrogens (tertiary/aromatic N) is 3. The number of nitrogens with one attached hydrogen (secondary N) is 1. The Morgan fingerprint density at radius 3 is 2.60 bits per heavy atom. The van der Waals surface area contributed by atoms with Crippen LogP contribution in [0.25, 0.3) is 21.8 Å². The molecule has 0 aliphatic rings. The summed E-state index contributed by atoms with van der Waals surface area (Å²) in [6.45, 7) is 5.30. The van der Waals surface area contributed by atoms with Crippen LogP contribution in [0.5, 0.6) is 0 Å². The second-order valence-corrected chi connectivity index (χ2v) is 6.32. The van der Waals surface area contributed by atoms with Gasteiger partial charge in [-0.05, 0) is 38.1 Å². The number of amides is 2. The van der Waals surface area contributed by atoms with Gasteiger partial charge in [-0.15, -0.1) is 11.3 Å². The van der Waals surface area contributed by atoms with Crippen molar-refractivity contribution < 1.29 is 4.79 Å². The van der Waals surface area contributed by atoms with E-state index >= 15 is 0 Å². The van der Waals surface area contributed by atoms with Gasteiger partial charge in [-0.1, -0.05) is 12.1 Å². The van der Waals surface area contributed by atoms with Gasteiger partial charge in [-0.25, -0.2) is 9.78 Å². The molecule has 25 heavy (non-hydrogen) atoms. The highest BCUT2D eigenvalue weighted by molar-refractivity contribution is 7.13. The lowest BCUT2D eigenvalue weighted by Crippen LogP contribution is -2.34. The van der Waals surface area contributed by atoms with Gasteiger partial charge in [0.25, 0.3) is 0 Å². The van der Waals surface area contributed by atoms with E-state index in [0.29, 0.717) is 13.1 Å². The number of carbonyl (C=O) groups excluding carboxylic acids is 1. The Labute approximate surface area is 151 Å². The minimum Gasteiger partial charge on any atom is -0.325 e. The molecule has 0 saturated carbocycles. The van der Waals surface area contributed by atoms with Crippen molar-refractivity contribution in [2.75, 3.05) is 18.4 Å². The number of hydrogen-bond donors (Lipinski definition) is 1. The Kier molecular flexibility index (Phi) is 5.40. The number of carbonyl (C=O) groups is 1. The number of rotatable bonds is 5. The Morgan fingerprint density at radius 2 is 1.88 bits per heavy atom. The van der Waals surface area contributed by atoms with Crippen LogP contribution in [-0.2, 0) is 0 Å². The fourth-order valence-electron chi connectivity index (χ4n) is 2.50. The lowest BCUT2D eigenvalue weighted by atomic mass is 10.1. The highest BCUT2D eigenvalue weighted by Crippen LogP contribution is 2.29. The molecule has 0 aliphatic carbocycles. The van der Waals surface area contributed by atoms with Gasteiger partial charge in [-0.3, -0.25) is 4.98 Å². The molecule has 3 rings (SSSR count). The number of anilines is 1. The fourth-order valence-corrected chi connectivity index (χ4v) is 3.34. The summed E-state index contributed by atoms with van der Waals surface area (Å²) in [5, 5.41) is 5.93. The summed E-state index contributed by atoms with van der Waals surface area (Å²) in [7, 11) is 0. The average molecular weight is 352 g/mol. The van der Waals surface area contributed by atoms with E-state index in [4.69, 9.17) is 4.98 Å². The molecule has 5 nitrogen and oxygen atoms in total. The summed E-state index contributed by atoms with van der Waals surface area (Å²) in [6, 6.07) is 11.6. The zero-order valence-electron chi connectivity index (χ0n) is 14.3. The first kappa shape index (κ1) is 17.1. The van der Waals surface area contributed by atoms with Crippen LogP contribution in [0.3, 0.4) is 0 Å². The number of pyridine rings is 1. The van der Waals surface area contributed by atoms with E-state index in [1.165, 1.54) is 0 Å². The van der Waals surface area contributed by atoms with Crippen LogP contribution >= 0.6 is 11.3 Å². The smallest absolute Gasteiger partial charge is 0.321 e.